The average molecular weight is 475 g/mol. The molecule has 0 aliphatic heterocycles. The summed E-state index contributed by atoms with van der Waals surface area (Å²) >= 11 is 2.87. The Morgan fingerprint density at radius 1 is 1.24 bits per heavy atom. The largest absolute Gasteiger partial charge is 0.436 e. The number of alkyl halides is 3. The van der Waals surface area contributed by atoms with Gasteiger partial charge in [0.2, 0.25) is 5.95 Å². The van der Waals surface area contributed by atoms with Crippen LogP contribution >= 0.6 is 15.9 Å². The molecule has 0 aliphatic carbocycles. The maximum absolute atomic E-state index is 13.0. The lowest BCUT2D eigenvalue weighted by Crippen LogP contribution is -2.26. The summed E-state index contributed by atoms with van der Waals surface area (Å²) < 4.78 is 54.2. The Morgan fingerprint density at radius 2 is 1.90 bits per heavy atom. The molecule has 1 aromatic carbocycles. The van der Waals surface area contributed by atoms with Gasteiger partial charge in [-0.2, -0.15) is 18.3 Å². The molecule has 3 aromatic rings. The van der Waals surface area contributed by atoms with Crippen LogP contribution in [0, 0.1) is 12.7 Å². The third kappa shape index (κ3) is 4.63. The highest BCUT2D eigenvalue weighted by atomic mass is 79.9. The predicted molar refractivity (Wildman–Crippen MR) is 98.5 cm³/mol. The Kier molecular flexibility index (Phi) is 5.73. The zero-order chi connectivity index (χ0) is 21.3. The van der Waals surface area contributed by atoms with Gasteiger partial charge in [0, 0.05) is 0 Å². The van der Waals surface area contributed by atoms with Crippen LogP contribution in [-0.2, 0) is 17.5 Å². The van der Waals surface area contributed by atoms with E-state index in [2.05, 4.69) is 36.4 Å². The molecule has 0 bridgehead atoms. The summed E-state index contributed by atoms with van der Waals surface area (Å²) in [6, 6.07) is 4.78. The number of hydrogen-bond donors (Lipinski definition) is 1. The minimum Gasteiger partial charge on any atom is -0.291 e. The van der Waals surface area contributed by atoms with Crippen LogP contribution in [0.15, 0.2) is 35.1 Å². The van der Waals surface area contributed by atoms with Gasteiger partial charge in [0.15, 0.2) is 5.69 Å². The van der Waals surface area contributed by atoms with Gasteiger partial charge in [-0.1, -0.05) is 12.1 Å². The van der Waals surface area contributed by atoms with E-state index >= 15 is 0 Å². The van der Waals surface area contributed by atoms with E-state index in [1.807, 2.05) is 0 Å². The van der Waals surface area contributed by atoms with Crippen LogP contribution in [0.25, 0.3) is 0 Å². The van der Waals surface area contributed by atoms with E-state index in [1.165, 1.54) is 37.0 Å². The topological polar surface area (TPSA) is 77.6 Å². The highest BCUT2D eigenvalue weighted by Crippen LogP contribution is 2.36. The van der Waals surface area contributed by atoms with Crippen LogP contribution in [0.1, 0.15) is 29.9 Å². The van der Waals surface area contributed by atoms with Crippen LogP contribution in [0.5, 0.6) is 0 Å². The monoisotopic (exact) mass is 474 g/mol. The van der Waals surface area contributed by atoms with Gasteiger partial charge in [-0.25, -0.2) is 14.1 Å². The van der Waals surface area contributed by atoms with Crippen molar-refractivity contribution in [3.8, 4) is 0 Å². The molecule has 3 rings (SSSR count). The van der Waals surface area contributed by atoms with E-state index in [0.29, 0.717) is 6.54 Å². The van der Waals surface area contributed by atoms with Gasteiger partial charge in [-0.05, 0) is 47.5 Å². The van der Waals surface area contributed by atoms with Gasteiger partial charge < -0.3 is 0 Å². The van der Waals surface area contributed by atoms with Crippen molar-refractivity contribution < 1.29 is 22.4 Å². The van der Waals surface area contributed by atoms with Crippen molar-refractivity contribution in [3.05, 3.63) is 57.8 Å². The first kappa shape index (κ1) is 21.0. The highest BCUT2D eigenvalue weighted by molar-refractivity contribution is 9.10. The molecule has 1 unspecified atom stereocenters. The zero-order valence-corrected chi connectivity index (χ0v) is 16.8. The first-order chi connectivity index (χ1) is 13.6. The number of benzene rings is 1. The Balaban J connectivity index is 1.71. The van der Waals surface area contributed by atoms with Gasteiger partial charge in [0.1, 0.15) is 18.2 Å². The SMILES string of the molecule is Cc1c(Br)c(C(F)(F)F)nn1C(C)C(=O)Nc1ncn(Cc2ccc(F)cc2)n1. The lowest BCUT2D eigenvalue weighted by molar-refractivity contribution is -0.142. The summed E-state index contributed by atoms with van der Waals surface area (Å²) in [5, 5.41) is 10.1. The van der Waals surface area contributed by atoms with Crippen molar-refractivity contribution in [1.29, 1.82) is 0 Å². The second-order valence-electron chi connectivity index (χ2n) is 6.25. The molecule has 0 aliphatic rings. The number of nitrogens with zero attached hydrogens (tertiary/aromatic N) is 5. The number of hydrogen-bond acceptors (Lipinski definition) is 4. The molecular formula is C17H15BrF4N6O. The number of rotatable bonds is 5. The molecule has 0 fully saturated rings. The summed E-state index contributed by atoms with van der Waals surface area (Å²) in [5.74, 6) is -0.997. The van der Waals surface area contributed by atoms with Crippen molar-refractivity contribution in [3.63, 3.8) is 0 Å². The standard InChI is InChI=1S/C17H15BrF4N6O/c1-9-13(18)14(17(20,21)22)25-28(9)10(2)15(29)24-16-23-8-27(26-16)7-11-3-5-12(19)6-4-11/h3-6,8,10H,7H2,1-2H3,(H,24,26,29). The number of halogens is 5. The third-order valence-electron chi connectivity index (χ3n) is 4.12. The van der Waals surface area contributed by atoms with Crippen LogP contribution in [-0.4, -0.2) is 30.5 Å². The molecule has 0 radical (unpaired) electrons. The van der Waals surface area contributed by atoms with E-state index < -0.39 is 23.8 Å². The first-order valence-corrected chi connectivity index (χ1v) is 9.12. The van der Waals surface area contributed by atoms with Crippen molar-refractivity contribution in [2.75, 3.05) is 5.32 Å². The minimum absolute atomic E-state index is 0.0103. The molecule has 1 atom stereocenters. The average Bonchev–Trinajstić information content (AvgIpc) is 3.21. The molecule has 12 heteroatoms. The molecule has 2 aromatic heterocycles. The van der Waals surface area contributed by atoms with Gasteiger partial charge >= 0.3 is 6.18 Å². The number of carbonyl (C=O) groups is 1. The van der Waals surface area contributed by atoms with Gasteiger partial charge in [0.05, 0.1) is 16.7 Å². The highest BCUT2D eigenvalue weighted by Gasteiger charge is 2.39. The fraction of sp³-hybridized carbons (Fsp3) is 0.294. The number of amides is 1. The maximum atomic E-state index is 13.0. The van der Waals surface area contributed by atoms with Crippen molar-refractivity contribution in [2.24, 2.45) is 0 Å². The summed E-state index contributed by atoms with van der Waals surface area (Å²) in [5.41, 5.74) is -0.162. The van der Waals surface area contributed by atoms with Crippen molar-refractivity contribution in [1.82, 2.24) is 24.5 Å². The van der Waals surface area contributed by atoms with Crippen molar-refractivity contribution in [2.45, 2.75) is 32.6 Å². The number of anilines is 1. The van der Waals surface area contributed by atoms with Gasteiger partial charge in [0.25, 0.3) is 5.91 Å². The molecule has 1 amide bonds. The van der Waals surface area contributed by atoms with E-state index in [-0.39, 0.29) is 21.9 Å². The van der Waals surface area contributed by atoms with Crippen LogP contribution in [0.4, 0.5) is 23.5 Å². The normalized spacial score (nSPS) is 12.8. The second-order valence-corrected chi connectivity index (χ2v) is 7.04. The van der Waals surface area contributed by atoms with Crippen molar-refractivity contribution >= 4 is 27.8 Å². The summed E-state index contributed by atoms with van der Waals surface area (Å²) in [4.78, 5) is 16.4. The molecule has 7 nitrogen and oxygen atoms in total. The first-order valence-electron chi connectivity index (χ1n) is 8.33. The predicted octanol–water partition coefficient (Wildman–Crippen LogP) is 3.95. The fourth-order valence-corrected chi connectivity index (χ4v) is 3.07. The van der Waals surface area contributed by atoms with E-state index in [0.717, 1.165) is 10.2 Å². The van der Waals surface area contributed by atoms with Gasteiger partial charge in [-0.15, -0.1) is 5.10 Å². The van der Waals surface area contributed by atoms with Crippen LogP contribution in [0.3, 0.4) is 0 Å². The second kappa shape index (κ2) is 7.93. The molecule has 1 N–H and O–H groups in total. The Hall–Kier alpha value is -2.76. The fourth-order valence-electron chi connectivity index (χ4n) is 2.59. The molecule has 0 spiro atoms. The summed E-state index contributed by atoms with van der Waals surface area (Å²) in [7, 11) is 0. The molecule has 29 heavy (non-hydrogen) atoms. The maximum Gasteiger partial charge on any atom is 0.436 e. The molecular weight excluding hydrogens is 460 g/mol. The molecule has 2 heterocycles. The van der Waals surface area contributed by atoms with Gasteiger partial charge in [-0.3, -0.25) is 14.8 Å². The number of carbonyl (C=O) groups excluding carboxylic acids is 1. The van der Waals surface area contributed by atoms with Crippen LogP contribution < -0.4 is 5.32 Å². The third-order valence-corrected chi connectivity index (χ3v) is 5.07. The quantitative estimate of drug-likeness (QED) is 0.568. The van der Waals surface area contributed by atoms with E-state index in [4.69, 9.17) is 0 Å². The smallest absolute Gasteiger partial charge is 0.291 e. The zero-order valence-electron chi connectivity index (χ0n) is 15.2. The summed E-state index contributed by atoms with van der Waals surface area (Å²) in [6.07, 6.45) is -3.27. The lowest BCUT2D eigenvalue weighted by Gasteiger charge is -2.13. The molecule has 0 saturated carbocycles. The number of nitrogens with one attached hydrogen (secondary N) is 1. The minimum atomic E-state index is -4.65. The Bertz CT molecular complexity index is 1030. The Labute approximate surface area is 170 Å². The van der Waals surface area contributed by atoms with E-state index in [9.17, 15) is 22.4 Å². The Morgan fingerprint density at radius 3 is 2.48 bits per heavy atom. The number of aromatic nitrogens is 5. The van der Waals surface area contributed by atoms with E-state index in [1.54, 1.807) is 12.1 Å². The lowest BCUT2D eigenvalue weighted by atomic mass is 10.2. The molecule has 154 valence electrons. The molecule has 0 saturated heterocycles. The van der Waals surface area contributed by atoms with Crippen LogP contribution in [0.2, 0.25) is 0 Å². The summed E-state index contributed by atoms with van der Waals surface area (Å²) in [6.45, 7) is 3.14.